The maximum absolute atomic E-state index is 12.3. The zero-order valence-electron chi connectivity index (χ0n) is 15.4. The van der Waals surface area contributed by atoms with Crippen LogP contribution in [0.15, 0.2) is 37.4 Å². The van der Waals surface area contributed by atoms with E-state index in [1.807, 2.05) is 6.92 Å². The second-order valence-corrected chi connectivity index (χ2v) is 7.77. The predicted molar refractivity (Wildman–Crippen MR) is 109 cm³/mol. The normalized spacial score (nSPS) is 11.7. The van der Waals surface area contributed by atoms with Gasteiger partial charge in [0.05, 0.1) is 5.75 Å². The van der Waals surface area contributed by atoms with Gasteiger partial charge in [-0.15, -0.1) is 0 Å². The third-order valence-electron chi connectivity index (χ3n) is 4.50. The molecule has 4 rings (SSSR count). The molecule has 3 aromatic heterocycles. The number of unbranched alkanes of at least 4 members (excludes halogenated alkanes) is 1. The monoisotopic (exact) mass is 419 g/mol. The molecule has 0 unspecified atom stereocenters. The van der Waals surface area contributed by atoms with E-state index in [4.69, 9.17) is 16.0 Å². The molecule has 0 bridgehead atoms. The summed E-state index contributed by atoms with van der Waals surface area (Å²) < 4.78 is 8.95. The van der Waals surface area contributed by atoms with E-state index in [0.29, 0.717) is 45.1 Å². The van der Waals surface area contributed by atoms with Gasteiger partial charge in [0.1, 0.15) is 11.3 Å². The minimum atomic E-state index is -0.435. The highest BCUT2D eigenvalue weighted by molar-refractivity contribution is 7.98. The first-order valence-corrected chi connectivity index (χ1v) is 10.2. The third kappa shape index (κ3) is 3.35. The Hall–Kier alpha value is -2.52. The number of halogens is 1. The van der Waals surface area contributed by atoms with E-state index in [0.717, 1.165) is 18.4 Å². The van der Waals surface area contributed by atoms with Gasteiger partial charge in [0.25, 0.3) is 10.8 Å². The molecule has 1 aromatic carbocycles. The Balaban J connectivity index is 1.68. The number of thioether (sulfide) groups is 1. The lowest BCUT2D eigenvalue weighted by Gasteiger charge is -2.04. The summed E-state index contributed by atoms with van der Waals surface area (Å²) in [7, 11) is 1.76. The lowest BCUT2D eigenvalue weighted by molar-refractivity contribution is 0.489. The molecule has 0 atom stereocenters. The standard InChI is InChI=1S/C18H18ClN5O3S/c1-3-4-7-24-15-14(16(25)22-17(24)26)23(2)13(21-15)9-28-18-20-11-6-5-10(19)8-12(11)27-18/h5-6,8H,3-4,7,9H2,1-2H3,(H,22,25,26). The van der Waals surface area contributed by atoms with E-state index in [1.165, 1.54) is 16.3 Å². The van der Waals surface area contributed by atoms with Crippen molar-refractivity contribution in [2.24, 2.45) is 7.05 Å². The van der Waals surface area contributed by atoms with Crippen molar-refractivity contribution < 1.29 is 4.42 Å². The number of rotatable bonds is 6. The minimum absolute atomic E-state index is 0.385. The molecule has 1 N–H and O–H groups in total. The molecule has 0 aliphatic carbocycles. The van der Waals surface area contributed by atoms with Gasteiger partial charge >= 0.3 is 5.69 Å². The van der Waals surface area contributed by atoms with Gasteiger partial charge in [0.15, 0.2) is 16.7 Å². The summed E-state index contributed by atoms with van der Waals surface area (Å²) in [6.45, 7) is 2.56. The van der Waals surface area contributed by atoms with E-state index in [9.17, 15) is 9.59 Å². The van der Waals surface area contributed by atoms with Crippen LogP contribution in [0.2, 0.25) is 5.02 Å². The second-order valence-electron chi connectivity index (χ2n) is 6.40. The Morgan fingerprint density at radius 2 is 2.11 bits per heavy atom. The van der Waals surface area contributed by atoms with Gasteiger partial charge in [-0.3, -0.25) is 14.3 Å². The quantitative estimate of drug-likeness (QED) is 0.481. The Labute approximate surface area is 168 Å². The van der Waals surface area contributed by atoms with Crippen LogP contribution in [0.3, 0.4) is 0 Å². The van der Waals surface area contributed by atoms with Crippen molar-refractivity contribution in [3.8, 4) is 0 Å². The molecule has 0 spiro atoms. The lowest BCUT2D eigenvalue weighted by atomic mass is 10.3. The van der Waals surface area contributed by atoms with Crippen LogP contribution in [0.1, 0.15) is 25.6 Å². The van der Waals surface area contributed by atoms with Crippen LogP contribution in [-0.4, -0.2) is 24.1 Å². The molecule has 0 fully saturated rings. The Morgan fingerprint density at radius 1 is 1.29 bits per heavy atom. The summed E-state index contributed by atoms with van der Waals surface area (Å²) in [4.78, 5) is 35.9. The number of benzene rings is 1. The minimum Gasteiger partial charge on any atom is -0.431 e. The van der Waals surface area contributed by atoms with Crippen LogP contribution >= 0.6 is 23.4 Å². The van der Waals surface area contributed by atoms with Gasteiger partial charge < -0.3 is 8.98 Å². The van der Waals surface area contributed by atoms with Crippen molar-refractivity contribution in [3.05, 3.63) is 49.9 Å². The first kappa shape index (κ1) is 18.8. The number of aromatic nitrogens is 5. The number of oxazole rings is 1. The Bertz CT molecular complexity index is 1290. The summed E-state index contributed by atoms with van der Waals surface area (Å²) in [6, 6.07) is 5.27. The maximum atomic E-state index is 12.3. The molecule has 8 nitrogen and oxygen atoms in total. The number of H-pyrrole nitrogens is 1. The van der Waals surface area contributed by atoms with Gasteiger partial charge in [-0.25, -0.2) is 14.8 Å². The molecular formula is C18H18ClN5O3S. The Morgan fingerprint density at radius 3 is 2.89 bits per heavy atom. The number of aromatic amines is 1. The van der Waals surface area contributed by atoms with Crippen LogP contribution in [0.25, 0.3) is 22.3 Å². The average molecular weight is 420 g/mol. The highest BCUT2D eigenvalue weighted by atomic mass is 35.5. The molecule has 0 saturated carbocycles. The lowest BCUT2D eigenvalue weighted by Crippen LogP contribution is -2.31. The van der Waals surface area contributed by atoms with Gasteiger partial charge in [-0.2, -0.15) is 0 Å². The summed E-state index contributed by atoms with van der Waals surface area (Å²) in [5.41, 5.74) is 1.27. The summed E-state index contributed by atoms with van der Waals surface area (Å²) in [5.74, 6) is 1.09. The van der Waals surface area contributed by atoms with E-state index < -0.39 is 11.2 Å². The highest BCUT2D eigenvalue weighted by Gasteiger charge is 2.17. The van der Waals surface area contributed by atoms with Crippen LogP contribution in [0, 0.1) is 0 Å². The van der Waals surface area contributed by atoms with Crippen LogP contribution < -0.4 is 11.2 Å². The van der Waals surface area contributed by atoms with Crippen LogP contribution in [0.4, 0.5) is 0 Å². The number of nitrogens with one attached hydrogen (secondary N) is 1. The van der Waals surface area contributed by atoms with Crippen LogP contribution in [0.5, 0.6) is 0 Å². The molecule has 10 heteroatoms. The van der Waals surface area contributed by atoms with Crippen molar-refractivity contribution >= 4 is 45.6 Å². The molecule has 0 aliphatic heterocycles. The van der Waals surface area contributed by atoms with Crippen molar-refractivity contribution in [2.75, 3.05) is 0 Å². The molecule has 0 radical (unpaired) electrons. The zero-order valence-corrected chi connectivity index (χ0v) is 16.9. The number of fused-ring (bicyclic) bond motifs is 2. The van der Waals surface area contributed by atoms with Gasteiger partial charge in [0, 0.05) is 24.7 Å². The number of aryl methyl sites for hydroxylation is 2. The van der Waals surface area contributed by atoms with Crippen molar-refractivity contribution in [1.82, 2.24) is 24.1 Å². The summed E-state index contributed by atoms with van der Waals surface area (Å²) >= 11 is 7.34. The SMILES string of the molecule is CCCCn1c(=O)[nH]c(=O)c2c1nc(CSc1nc3ccc(Cl)cc3o1)n2C. The van der Waals surface area contributed by atoms with E-state index >= 15 is 0 Å². The van der Waals surface area contributed by atoms with E-state index in [1.54, 1.807) is 29.8 Å². The van der Waals surface area contributed by atoms with Crippen molar-refractivity contribution in [1.29, 1.82) is 0 Å². The molecule has 4 aromatic rings. The molecule has 0 aliphatic rings. The second kappa shape index (κ2) is 7.48. The summed E-state index contributed by atoms with van der Waals surface area (Å²) in [6.07, 6.45) is 1.76. The molecular weight excluding hydrogens is 402 g/mol. The van der Waals surface area contributed by atoms with E-state index in [2.05, 4.69) is 15.0 Å². The van der Waals surface area contributed by atoms with Crippen LogP contribution in [-0.2, 0) is 19.3 Å². The fourth-order valence-corrected chi connectivity index (χ4v) is 3.99. The zero-order chi connectivity index (χ0) is 19.8. The fourth-order valence-electron chi connectivity index (χ4n) is 3.01. The molecule has 146 valence electrons. The summed E-state index contributed by atoms with van der Waals surface area (Å²) in [5, 5.41) is 1.07. The predicted octanol–water partition coefficient (Wildman–Crippen LogP) is 3.31. The number of imidazole rings is 1. The first-order valence-electron chi connectivity index (χ1n) is 8.85. The molecule has 0 amide bonds. The van der Waals surface area contributed by atoms with Gasteiger partial charge in [-0.1, -0.05) is 36.7 Å². The highest BCUT2D eigenvalue weighted by Crippen LogP contribution is 2.28. The largest absolute Gasteiger partial charge is 0.431 e. The fraction of sp³-hybridized carbons (Fsp3) is 0.333. The maximum Gasteiger partial charge on any atom is 0.330 e. The van der Waals surface area contributed by atoms with E-state index in [-0.39, 0.29) is 0 Å². The number of hydrogen-bond acceptors (Lipinski definition) is 6. The molecule has 3 heterocycles. The van der Waals surface area contributed by atoms with Gasteiger partial charge in [-0.05, 0) is 18.6 Å². The van der Waals surface area contributed by atoms with Gasteiger partial charge in [0.2, 0.25) is 0 Å². The molecule has 28 heavy (non-hydrogen) atoms. The van der Waals surface area contributed by atoms with Crippen molar-refractivity contribution in [3.63, 3.8) is 0 Å². The Kier molecular flexibility index (Phi) is 5.03. The number of nitrogens with zero attached hydrogens (tertiary/aromatic N) is 4. The smallest absolute Gasteiger partial charge is 0.330 e. The third-order valence-corrected chi connectivity index (χ3v) is 5.56. The number of hydrogen-bond donors (Lipinski definition) is 1. The average Bonchev–Trinajstić information content (AvgIpc) is 3.20. The first-order chi connectivity index (χ1) is 13.5. The molecule has 0 saturated heterocycles. The van der Waals surface area contributed by atoms with Crippen molar-refractivity contribution in [2.45, 2.75) is 37.3 Å². The topological polar surface area (TPSA) is 98.7 Å².